The lowest BCUT2D eigenvalue weighted by Gasteiger charge is -2.09. The molecule has 0 amide bonds. The van der Waals surface area contributed by atoms with E-state index in [2.05, 4.69) is 10.3 Å². The van der Waals surface area contributed by atoms with Crippen molar-refractivity contribution in [2.24, 2.45) is 0 Å². The number of hydrogen-bond acceptors (Lipinski definition) is 2. The zero-order chi connectivity index (χ0) is 14.0. The van der Waals surface area contributed by atoms with Gasteiger partial charge >= 0.3 is 0 Å². The van der Waals surface area contributed by atoms with Gasteiger partial charge in [-0.1, -0.05) is 12.1 Å². The molecule has 2 aromatic rings. The third kappa shape index (κ3) is 2.81. The van der Waals surface area contributed by atoms with Crippen LogP contribution in [0.15, 0.2) is 24.3 Å². The molecule has 2 nitrogen and oxygen atoms in total. The summed E-state index contributed by atoms with van der Waals surface area (Å²) in [5.41, 5.74) is -0.466. The van der Waals surface area contributed by atoms with E-state index >= 15 is 0 Å². The molecule has 7 heteroatoms. The molecule has 2 rings (SSSR count). The van der Waals surface area contributed by atoms with Gasteiger partial charge < -0.3 is 5.32 Å². The van der Waals surface area contributed by atoms with Crippen LogP contribution in [0.3, 0.4) is 0 Å². The van der Waals surface area contributed by atoms with Crippen molar-refractivity contribution in [3.63, 3.8) is 0 Å². The first kappa shape index (κ1) is 13.3. The smallest absolute Gasteiger partial charge is 0.253 e. The normalized spacial score (nSPS) is 10.6. The second kappa shape index (κ2) is 5.21. The molecule has 0 aliphatic carbocycles. The summed E-state index contributed by atoms with van der Waals surface area (Å²) in [5.74, 6) is -7.16. The molecule has 0 aliphatic rings. The summed E-state index contributed by atoms with van der Waals surface area (Å²) in [6.07, 6.45) is 0. The number of hydrogen-bond donors (Lipinski definition) is 1. The third-order valence-electron chi connectivity index (χ3n) is 2.38. The molecule has 100 valence electrons. The first-order chi connectivity index (χ1) is 8.99. The summed E-state index contributed by atoms with van der Waals surface area (Å²) in [6.45, 7) is -0.128. The minimum atomic E-state index is -1.74. The average Bonchev–Trinajstić information content (AvgIpc) is 2.38. The van der Waals surface area contributed by atoms with E-state index in [9.17, 15) is 22.0 Å². The number of aromatic nitrogens is 1. The monoisotopic (exact) mass is 274 g/mol. The van der Waals surface area contributed by atoms with E-state index in [0.29, 0.717) is 5.56 Å². The molecule has 0 atom stereocenters. The molecule has 0 fully saturated rings. The van der Waals surface area contributed by atoms with Crippen LogP contribution < -0.4 is 5.32 Å². The van der Waals surface area contributed by atoms with Crippen LogP contribution in [-0.2, 0) is 6.54 Å². The van der Waals surface area contributed by atoms with Gasteiger partial charge in [0.15, 0.2) is 0 Å². The fraction of sp³-hybridized carbons (Fsp3) is 0.0833. The van der Waals surface area contributed by atoms with Crippen molar-refractivity contribution in [3.8, 4) is 0 Å². The molecule has 1 N–H and O–H groups in total. The van der Waals surface area contributed by atoms with Crippen LogP contribution in [-0.4, -0.2) is 4.98 Å². The Bertz CT molecular complexity index is 572. The van der Waals surface area contributed by atoms with Crippen molar-refractivity contribution >= 4 is 5.69 Å². The van der Waals surface area contributed by atoms with E-state index < -0.39 is 35.0 Å². The van der Waals surface area contributed by atoms with Crippen LogP contribution in [0, 0.1) is 29.3 Å². The Morgan fingerprint density at radius 1 is 0.842 bits per heavy atom. The molecule has 0 radical (unpaired) electrons. The summed E-state index contributed by atoms with van der Waals surface area (Å²) >= 11 is 0. The summed E-state index contributed by atoms with van der Waals surface area (Å²) in [7, 11) is 0. The van der Waals surface area contributed by atoms with E-state index in [-0.39, 0.29) is 6.54 Å². The quantitative estimate of drug-likeness (QED) is 0.685. The Kier molecular flexibility index (Phi) is 3.64. The van der Waals surface area contributed by atoms with Crippen LogP contribution in [0.1, 0.15) is 5.56 Å². The van der Waals surface area contributed by atoms with Crippen molar-refractivity contribution in [3.05, 3.63) is 59.2 Å². The second-order valence-electron chi connectivity index (χ2n) is 3.68. The zero-order valence-corrected chi connectivity index (χ0v) is 9.35. The van der Waals surface area contributed by atoms with Gasteiger partial charge in [-0.2, -0.15) is 22.5 Å². The number of anilines is 1. The van der Waals surface area contributed by atoms with Gasteiger partial charge in [0.1, 0.15) is 11.5 Å². The molecule has 0 saturated carbocycles. The van der Waals surface area contributed by atoms with Gasteiger partial charge in [-0.25, -0.2) is 4.39 Å². The van der Waals surface area contributed by atoms with Gasteiger partial charge in [0.05, 0.1) is 0 Å². The molecular weight excluding hydrogens is 267 g/mol. The molecule has 0 saturated heterocycles. The minimum Gasteiger partial charge on any atom is -0.376 e. The highest BCUT2D eigenvalue weighted by molar-refractivity contribution is 5.45. The maximum atomic E-state index is 13.2. The lowest BCUT2D eigenvalue weighted by molar-refractivity contribution is 0.410. The van der Waals surface area contributed by atoms with Gasteiger partial charge in [0, 0.05) is 6.54 Å². The molecular formula is C12H7F5N2. The topological polar surface area (TPSA) is 24.9 Å². The zero-order valence-electron chi connectivity index (χ0n) is 9.35. The van der Waals surface area contributed by atoms with Crippen molar-refractivity contribution in [1.29, 1.82) is 0 Å². The number of halogens is 5. The van der Waals surface area contributed by atoms with Gasteiger partial charge in [0.25, 0.3) is 11.9 Å². The largest absolute Gasteiger partial charge is 0.376 e. The Hall–Kier alpha value is -2.18. The lowest BCUT2D eigenvalue weighted by Crippen LogP contribution is -2.09. The molecule has 0 bridgehead atoms. The maximum Gasteiger partial charge on any atom is 0.253 e. The first-order valence-electron chi connectivity index (χ1n) is 5.17. The maximum absolute atomic E-state index is 13.2. The Morgan fingerprint density at radius 3 is 1.89 bits per heavy atom. The van der Waals surface area contributed by atoms with Crippen LogP contribution in [0.5, 0.6) is 0 Å². The predicted octanol–water partition coefficient (Wildman–Crippen LogP) is 3.39. The molecule has 1 heterocycles. The lowest BCUT2D eigenvalue weighted by atomic mass is 10.2. The van der Waals surface area contributed by atoms with Crippen molar-refractivity contribution in [2.75, 3.05) is 5.32 Å². The third-order valence-corrected chi connectivity index (χ3v) is 2.38. The Balaban J connectivity index is 2.22. The first-order valence-corrected chi connectivity index (χ1v) is 5.17. The molecule has 0 aliphatic heterocycles. The number of nitrogens with zero attached hydrogens (tertiary/aromatic N) is 1. The average molecular weight is 274 g/mol. The van der Waals surface area contributed by atoms with E-state index in [1.807, 2.05) is 0 Å². The van der Waals surface area contributed by atoms with E-state index in [1.54, 1.807) is 0 Å². The van der Waals surface area contributed by atoms with E-state index in [0.717, 1.165) is 12.1 Å². The number of nitrogens with one attached hydrogen (secondary N) is 1. The standard InChI is InChI=1S/C12H7F5N2/c13-7-3-1-6(2-4-7)5-18-10-8(14)11(16)19-12(17)9(10)15/h1-4H,5H2,(H,18,19). The molecule has 0 unspecified atom stereocenters. The Morgan fingerprint density at radius 2 is 1.37 bits per heavy atom. The SMILES string of the molecule is Fc1ccc(CNc2c(F)c(F)nc(F)c2F)cc1. The van der Waals surface area contributed by atoms with Gasteiger partial charge in [-0.15, -0.1) is 0 Å². The predicted molar refractivity (Wildman–Crippen MR) is 57.8 cm³/mol. The molecule has 1 aromatic heterocycles. The van der Waals surface area contributed by atoms with E-state index in [1.165, 1.54) is 12.1 Å². The van der Waals surface area contributed by atoms with Gasteiger partial charge in [-0.05, 0) is 17.7 Å². The second-order valence-corrected chi connectivity index (χ2v) is 3.68. The van der Waals surface area contributed by atoms with E-state index in [4.69, 9.17) is 0 Å². The molecule has 1 aromatic carbocycles. The van der Waals surface area contributed by atoms with Crippen LogP contribution in [0.2, 0.25) is 0 Å². The number of benzene rings is 1. The molecule has 19 heavy (non-hydrogen) atoms. The van der Waals surface area contributed by atoms with Crippen molar-refractivity contribution < 1.29 is 22.0 Å². The highest BCUT2D eigenvalue weighted by atomic mass is 19.2. The van der Waals surface area contributed by atoms with Gasteiger partial charge in [-0.3, -0.25) is 0 Å². The fourth-order valence-corrected chi connectivity index (χ4v) is 1.43. The summed E-state index contributed by atoms with van der Waals surface area (Å²) in [5, 5.41) is 2.21. The summed E-state index contributed by atoms with van der Waals surface area (Å²) in [6, 6.07) is 5.03. The Labute approximate surface area is 104 Å². The number of pyridine rings is 1. The van der Waals surface area contributed by atoms with Crippen molar-refractivity contribution in [2.45, 2.75) is 6.54 Å². The van der Waals surface area contributed by atoms with Crippen LogP contribution in [0.4, 0.5) is 27.6 Å². The summed E-state index contributed by atoms with van der Waals surface area (Å²) < 4.78 is 64.8. The fourth-order valence-electron chi connectivity index (χ4n) is 1.43. The minimum absolute atomic E-state index is 0.128. The molecule has 0 spiro atoms. The van der Waals surface area contributed by atoms with Crippen LogP contribution >= 0.6 is 0 Å². The van der Waals surface area contributed by atoms with Gasteiger partial charge in [0.2, 0.25) is 11.6 Å². The van der Waals surface area contributed by atoms with Crippen LogP contribution in [0.25, 0.3) is 0 Å². The summed E-state index contributed by atoms with van der Waals surface area (Å²) in [4.78, 5) is 2.43. The number of rotatable bonds is 3. The highest BCUT2D eigenvalue weighted by Gasteiger charge is 2.20. The van der Waals surface area contributed by atoms with Crippen molar-refractivity contribution in [1.82, 2.24) is 4.98 Å². The highest BCUT2D eigenvalue weighted by Crippen LogP contribution is 2.22.